The van der Waals surface area contributed by atoms with Crippen LogP contribution < -0.4 is 5.32 Å². The fraction of sp³-hybridized carbons (Fsp3) is 0.0714. The van der Waals surface area contributed by atoms with Gasteiger partial charge < -0.3 is 5.32 Å². The fourth-order valence-corrected chi connectivity index (χ4v) is 1.82. The fourth-order valence-electron chi connectivity index (χ4n) is 1.60. The van der Waals surface area contributed by atoms with Gasteiger partial charge in [0, 0.05) is 17.8 Å². The molecule has 0 atom stereocenters. The summed E-state index contributed by atoms with van der Waals surface area (Å²) in [5, 5.41) is 12.0. The quantitative estimate of drug-likeness (QED) is 0.917. The molecule has 5 heteroatoms. The van der Waals surface area contributed by atoms with Crippen molar-refractivity contribution >= 4 is 17.3 Å². The number of rotatable bonds is 3. The van der Waals surface area contributed by atoms with Crippen LogP contribution in [0.25, 0.3) is 0 Å². The van der Waals surface area contributed by atoms with Gasteiger partial charge in [0.05, 0.1) is 10.6 Å². The number of nitrogens with zero attached hydrogens (tertiary/aromatic N) is 1. The summed E-state index contributed by atoms with van der Waals surface area (Å²) in [6.45, 7) is 0.131. The summed E-state index contributed by atoms with van der Waals surface area (Å²) in [6.07, 6.45) is 0. The Morgan fingerprint density at radius 1 is 1.21 bits per heavy atom. The number of nitrogens with one attached hydrogen (secondary N) is 1. The molecule has 2 nitrogen and oxygen atoms in total. The predicted molar refractivity (Wildman–Crippen MR) is 69.9 cm³/mol. The maximum Gasteiger partial charge on any atom is 0.163 e. The van der Waals surface area contributed by atoms with Crippen molar-refractivity contribution in [3.8, 4) is 6.07 Å². The molecule has 0 aliphatic rings. The zero-order valence-electron chi connectivity index (χ0n) is 9.75. The lowest BCUT2D eigenvalue weighted by Crippen LogP contribution is -2.03. The van der Waals surface area contributed by atoms with Crippen molar-refractivity contribution in [3.63, 3.8) is 0 Å². The summed E-state index contributed by atoms with van der Waals surface area (Å²) in [5.41, 5.74) is 1.22. The molecule has 0 aliphatic carbocycles. The van der Waals surface area contributed by atoms with Gasteiger partial charge in [0.15, 0.2) is 11.6 Å². The minimum absolute atomic E-state index is 0.131. The van der Waals surface area contributed by atoms with Crippen molar-refractivity contribution < 1.29 is 8.78 Å². The Labute approximate surface area is 114 Å². The van der Waals surface area contributed by atoms with Gasteiger partial charge in [0.2, 0.25) is 0 Å². The molecule has 0 aromatic heterocycles. The third-order valence-corrected chi connectivity index (χ3v) is 2.92. The van der Waals surface area contributed by atoms with Crippen molar-refractivity contribution in [2.24, 2.45) is 0 Å². The van der Waals surface area contributed by atoms with Gasteiger partial charge in [-0.05, 0) is 24.3 Å². The molecule has 0 saturated carbocycles. The smallest absolute Gasteiger partial charge is 0.163 e. The van der Waals surface area contributed by atoms with Gasteiger partial charge in [-0.1, -0.05) is 23.7 Å². The van der Waals surface area contributed by atoms with E-state index < -0.39 is 11.6 Å². The van der Waals surface area contributed by atoms with E-state index in [1.165, 1.54) is 12.1 Å². The number of hydrogen-bond acceptors (Lipinski definition) is 2. The van der Waals surface area contributed by atoms with Crippen LogP contribution in [-0.2, 0) is 6.54 Å². The summed E-state index contributed by atoms with van der Waals surface area (Å²) in [6, 6.07) is 10.7. The maximum absolute atomic E-state index is 13.4. The molecule has 0 heterocycles. The van der Waals surface area contributed by atoms with Gasteiger partial charge in [-0.15, -0.1) is 0 Å². The Bertz CT molecular complexity index is 650. The first-order valence-electron chi connectivity index (χ1n) is 5.48. The Morgan fingerprint density at radius 3 is 2.68 bits per heavy atom. The highest BCUT2D eigenvalue weighted by atomic mass is 35.5. The first-order chi connectivity index (χ1) is 9.11. The third kappa shape index (κ3) is 3.01. The van der Waals surface area contributed by atoms with Gasteiger partial charge in [-0.25, -0.2) is 8.78 Å². The van der Waals surface area contributed by atoms with E-state index in [0.717, 1.165) is 6.07 Å². The first-order valence-corrected chi connectivity index (χ1v) is 5.86. The molecule has 1 N–H and O–H groups in total. The van der Waals surface area contributed by atoms with E-state index in [2.05, 4.69) is 5.32 Å². The Kier molecular flexibility index (Phi) is 3.98. The van der Waals surface area contributed by atoms with Gasteiger partial charge >= 0.3 is 0 Å². The zero-order valence-corrected chi connectivity index (χ0v) is 10.5. The van der Waals surface area contributed by atoms with Gasteiger partial charge in [-0.2, -0.15) is 5.26 Å². The summed E-state index contributed by atoms with van der Waals surface area (Å²) in [4.78, 5) is 0. The molecular formula is C14H9ClF2N2. The van der Waals surface area contributed by atoms with Crippen LogP contribution >= 0.6 is 11.6 Å². The summed E-state index contributed by atoms with van der Waals surface area (Å²) >= 11 is 5.87. The number of anilines is 1. The highest BCUT2D eigenvalue weighted by Crippen LogP contribution is 2.21. The minimum Gasteiger partial charge on any atom is -0.381 e. The standard InChI is InChI=1S/C14H9ClF2N2/c15-12-6-11(5-4-9(12)7-18)19-8-10-2-1-3-13(16)14(10)17/h1-6,19H,8H2. The van der Waals surface area contributed by atoms with E-state index in [1.54, 1.807) is 18.2 Å². The van der Waals surface area contributed by atoms with E-state index in [-0.39, 0.29) is 12.1 Å². The minimum atomic E-state index is -0.878. The lowest BCUT2D eigenvalue weighted by atomic mass is 10.2. The second kappa shape index (κ2) is 5.68. The van der Waals surface area contributed by atoms with Crippen molar-refractivity contribution in [1.29, 1.82) is 5.26 Å². The Balaban J connectivity index is 2.13. The average molecular weight is 279 g/mol. The Hall–Kier alpha value is -2.12. The molecule has 0 aliphatic heterocycles. The van der Waals surface area contributed by atoms with Crippen molar-refractivity contribution in [3.05, 3.63) is 64.2 Å². The number of halogens is 3. The third-order valence-electron chi connectivity index (χ3n) is 2.60. The van der Waals surface area contributed by atoms with Crippen LogP contribution in [0, 0.1) is 23.0 Å². The monoisotopic (exact) mass is 278 g/mol. The van der Waals surface area contributed by atoms with Gasteiger partial charge in [0.1, 0.15) is 6.07 Å². The molecule has 2 rings (SSSR count). The van der Waals surface area contributed by atoms with Crippen LogP contribution in [0.1, 0.15) is 11.1 Å². The van der Waals surface area contributed by atoms with Crippen molar-refractivity contribution in [2.75, 3.05) is 5.32 Å². The van der Waals surface area contributed by atoms with Gasteiger partial charge in [-0.3, -0.25) is 0 Å². The lowest BCUT2D eigenvalue weighted by Gasteiger charge is -2.08. The largest absolute Gasteiger partial charge is 0.381 e. The zero-order chi connectivity index (χ0) is 13.8. The molecule has 0 bridgehead atoms. The number of nitriles is 1. The highest BCUT2D eigenvalue weighted by molar-refractivity contribution is 6.32. The molecule has 0 unspecified atom stereocenters. The van der Waals surface area contributed by atoms with Crippen molar-refractivity contribution in [2.45, 2.75) is 6.54 Å². The lowest BCUT2D eigenvalue weighted by molar-refractivity contribution is 0.500. The van der Waals surface area contributed by atoms with Crippen LogP contribution in [0.5, 0.6) is 0 Å². The SMILES string of the molecule is N#Cc1ccc(NCc2cccc(F)c2F)cc1Cl. The molecular weight excluding hydrogens is 270 g/mol. The molecule has 0 spiro atoms. The number of hydrogen-bond donors (Lipinski definition) is 1. The van der Waals surface area contributed by atoms with Crippen LogP contribution in [0.3, 0.4) is 0 Å². The van der Waals surface area contributed by atoms with E-state index in [9.17, 15) is 8.78 Å². The molecule has 19 heavy (non-hydrogen) atoms. The van der Waals surface area contributed by atoms with Crippen LogP contribution in [0.15, 0.2) is 36.4 Å². The van der Waals surface area contributed by atoms with Gasteiger partial charge in [0.25, 0.3) is 0 Å². The van der Waals surface area contributed by atoms with E-state index in [4.69, 9.17) is 16.9 Å². The number of benzene rings is 2. The maximum atomic E-state index is 13.4. The normalized spacial score (nSPS) is 10.0. The van der Waals surface area contributed by atoms with E-state index in [0.29, 0.717) is 16.3 Å². The van der Waals surface area contributed by atoms with E-state index >= 15 is 0 Å². The Morgan fingerprint density at radius 2 is 2.00 bits per heavy atom. The average Bonchev–Trinajstić information content (AvgIpc) is 2.40. The molecule has 0 amide bonds. The van der Waals surface area contributed by atoms with Crippen molar-refractivity contribution in [1.82, 2.24) is 0 Å². The highest BCUT2D eigenvalue weighted by Gasteiger charge is 2.07. The molecule has 0 saturated heterocycles. The molecule has 0 fully saturated rings. The summed E-state index contributed by atoms with van der Waals surface area (Å²) in [7, 11) is 0. The second-order valence-electron chi connectivity index (χ2n) is 3.87. The molecule has 96 valence electrons. The summed E-state index contributed by atoms with van der Waals surface area (Å²) in [5.74, 6) is -1.74. The summed E-state index contributed by atoms with van der Waals surface area (Å²) < 4.78 is 26.4. The predicted octanol–water partition coefficient (Wildman–Crippen LogP) is 4.10. The van der Waals surface area contributed by atoms with Crippen LogP contribution in [0.2, 0.25) is 5.02 Å². The molecule has 2 aromatic carbocycles. The van der Waals surface area contributed by atoms with E-state index in [1.807, 2.05) is 6.07 Å². The molecule has 2 aromatic rings. The first kappa shape index (κ1) is 13.3. The topological polar surface area (TPSA) is 35.8 Å². The molecule has 0 radical (unpaired) electrons. The second-order valence-corrected chi connectivity index (χ2v) is 4.28. The van der Waals surface area contributed by atoms with Crippen LogP contribution in [-0.4, -0.2) is 0 Å². The van der Waals surface area contributed by atoms with Crippen LogP contribution in [0.4, 0.5) is 14.5 Å².